The zero-order chi connectivity index (χ0) is 23.0. The minimum absolute atomic E-state index is 0.0572. The van der Waals surface area contributed by atoms with E-state index in [2.05, 4.69) is 57.7 Å². The van der Waals surface area contributed by atoms with Crippen LogP contribution in [0.15, 0.2) is 54.6 Å². The largest absolute Gasteiger partial charge is 0.352 e. The standard InChI is InChI=1S/C27H36N4O2/c1-21-19-25(21)27(33)29-24-11-9-23(10-12-24)26(32)28-13-5-6-14-30-15-17-31(18-16-30)20-22-7-3-2-4-8-22/h2-4,7-12,21,25H,5-6,13-20H2,1H3,(H,28,32)(H,29,33). The van der Waals surface area contributed by atoms with Gasteiger partial charge in [0.05, 0.1) is 0 Å². The Morgan fingerprint density at radius 2 is 1.58 bits per heavy atom. The van der Waals surface area contributed by atoms with E-state index in [1.165, 1.54) is 5.56 Å². The van der Waals surface area contributed by atoms with Crippen molar-refractivity contribution in [2.45, 2.75) is 32.7 Å². The summed E-state index contributed by atoms with van der Waals surface area (Å²) in [6.45, 7) is 9.35. The van der Waals surface area contributed by atoms with Crippen LogP contribution >= 0.6 is 0 Å². The Morgan fingerprint density at radius 3 is 2.24 bits per heavy atom. The molecule has 0 aromatic heterocycles. The number of nitrogens with one attached hydrogen (secondary N) is 2. The number of unbranched alkanes of at least 4 members (excludes halogenated alkanes) is 1. The zero-order valence-corrected chi connectivity index (χ0v) is 19.6. The van der Waals surface area contributed by atoms with Crippen LogP contribution in [0.4, 0.5) is 5.69 Å². The Hall–Kier alpha value is -2.70. The summed E-state index contributed by atoms with van der Waals surface area (Å²) in [5.74, 6) is 0.654. The topological polar surface area (TPSA) is 64.7 Å². The molecule has 6 nitrogen and oxygen atoms in total. The molecule has 4 rings (SSSR count). The lowest BCUT2D eigenvalue weighted by Crippen LogP contribution is -2.46. The molecule has 176 valence electrons. The van der Waals surface area contributed by atoms with Crippen molar-refractivity contribution in [3.05, 3.63) is 65.7 Å². The van der Waals surface area contributed by atoms with Gasteiger partial charge in [0.15, 0.2) is 0 Å². The maximum atomic E-state index is 12.4. The molecule has 0 spiro atoms. The molecule has 1 aliphatic heterocycles. The van der Waals surface area contributed by atoms with E-state index in [1.54, 1.807) is 24.3 Å². The second-order valence-electron chi connectivity index (χ2n) is 9.45. The first kappa shape index (κ1) is 23.5. The fourth-order valence-corrected chi connectivity index (χ4v) is 4.40. The van der Waals surface area contributed by atoms with Gasteiger partial charge in [-0.05, 0) is 61.6 Å². The Morgan fingerprint density at radius 1 is 0.909 bits per heavy atom. The van der Waals surface area contributed by atoms with E-state index in [1.807, 2.05) is 0 Å². The lowest BCUT2D eigenvalue weighted by atomic mass is 10.1. The molecule has 0 bridgehead atoms. The van der Waals surface area contributed by atoms with Crippen LogP contribution in [0.25, 0.3) is 0 Å². The predicted molar refractivity (Wildman–Crippen MR) is 132 cm³/mol. The molecule has 33 heavy (non-hydrogen) atoms. The summed E-state index contributed by atoms with van der Waals surface area (Å²) in [7, 11) is 0. The van der Waals surface area contributed by atoms with Crippen LogP contribution in [0.3, 0.4) is 0 Å². The second kappa shape index (κ2) is 11.4. The zero-order valence-electron chi connectivity index (χ0n) is 19.6. The number of nitrogens with zero attached hydrogens (tertiary/aromatic N) is 2. The first-order valence-corrected chi connectivity index (χ1v) is 12.3. The van der Waals surface area contributed by atoms with Crippen molar-refractivity contribution in [3.63, 3.8) is 0 Å². The number of amides is 2. The van der Waals surface area contributed by atoms with Gasteiger partial charge < -0.3 is 15.5 Å². The van der Waals surface area contributed by atoms with Gasteiger partial charge in [-0.2, -0.15) is 0 Å². The van der Waals surface area contributed by atoms with Crippen molar-refractivity contribution in [2.75, 3.05) is 44.6 Å². The molecule has 0 radical (unpaired) electrons. The van der Waals surface area contributed by atoms with Gasteiger partial charge in [0.1, 0.15) is 0 Å². The molecule has 2 amide bonds. The Balaban J connectivity index is 1.07. The number of hydrogen-bond donors (Lipinski definition) is 2. The Bertz CT molecular complexity index is 907. The van der Waals surface area contributed by atoms with Gasteiger partial charge in [-0.15, -0.1) is 0 Å². The van der Waals surface area contributed by atoms with Gasteiger partial charge >= 0.3 is 0 Å². The van der Waals surface area contributed by atoms with Crippen LogP contribution in [-0.2, 0) is 11.3 Å². The molecule has 1 saturated carbocycles. The van der Waals surface area contributed by atoms with Crippen molar-refractivity contribution >= 4 is 17.5 Å². The third kappa shape index (κ3) is 7.14. The van der Waals surface area contributed by atoms with Gasteiger partial charge in [-0.25, -0.2) is 0 Å². The maximum Gasteiger partial charge on any atom is 0.251 e. The molecular weight excluding hydrogens is 412 g/mol. The molecule has 2 fully saturated rings. The Labute approximate surface area is 197 Å². The third-order valence-electron chi connectivity index (χ3n) is 6.76. The number of rotatable bonds is 10. The molecule has 2 aliphatic rings. The summed E-state index contributed by atoms with van der Waals surface area (Å²) < 4.78 is 0. The van der Waals surface area contributed by atoms with E-state index in [4.69, 9.17) is 0 Å². The third-order valence-corrected chi connectivity index (χ3v) is 6.76. The summed E-state index contributed by atoms with van der Waals surface area (Å²) >= 11 is 0. The molecule has 1 saturated heterocycles. The van der Waals surface area contributed by atoms with Crippen molar-refractivity contribution < 1.29 is 9.59 Å². The average molecular weight is 449 g/mol. The summed E-state index contributed by atoms with van der Waals surface area (Å²) in [5, 5.41) is 5.94. The van der Waals surface area contributed by atoms with E-state index in [0.29, 0.717) is 18.0 Å². The van der Waals surface area contributed by atoms with Crippen molar-refractivity contribution in [3.8, 4) is 0 Å². The van der Waals surface area contributed by atoms with E-state index in [9.17, 15) is 9.59 Å². The van der Waals surface area contributed by atoms with Crippen LogP contribution in [-0.4, -0.2) is 60.9 Å². The van der Waals surface area contributed by atoms with Crippen LogP contribution in [0.5, 0.6) is 0 Å². The first-order valence-electron chi connectivity index (χ1n) is 12.3. The number of benzene rings is 2. The molecule has 1 aliphatic carbocycles. The van der Waals surface area contributed by atoms with Crippen molar-refractivity contribution in [1.82, 2.24) is 15.1 Å². The monoisotopic (exact) mass is 448 g/mol. The summed E-state index contributed by atoms with van der Waals surface area (Å²) in [4.78, 5) is 29.4. The predicted octanol–water partition coefficient (Wildman–Crippen LogP) is 3.61. The summed E-state index contributed by atoms with van der Waals surface area (Å²) in [6.07, 6.45) is 3.03. The van der Waals surface area contributed by atoms with Gasteiger partial charge in [-0.3, -0.25) is 14.5 Å². The first-order chi connectivity index (χ1) is 16.1. The number of carbonyl (C=O) groups excluding carboxylic acids is 2. The number of anilines is 1. The number of piperazine rings is 1. The van der Waals surface area contributed by atoms with Gasteiger partial charge in [0, 0.05) is 56.4 Å². The molecule has 6 heteroatoms. The van der Waals surface area contributed by atoms with Crippen LogP contribution < -0.4 is 10.6 Å². The molecule has 1 heterocycles. The highest BCUT2D eigenvalue weighted by atomic mass is 16.2. The minimum Gasteiger partial charge on any atom is -0.352 e. The van der Waals surface area contributed by atoms with Crippen LogP contribution in [0.2, 0.25) is 0 Å². The fraction of sp³-hybridized carbons (Fsp3) is 0.481. The summed E-state index contributed by atoms with van der Waals surface area (Å²) in [5.41, 5.74) is 2.76. The maximum absolute atomic E-state index is 12.4. The summed E-state index contributed by atoms with van der Waals surface area (Å²) in [6, 6.07) is 17.8. The fourth-order valence-electron chi connectivity index (χ4n) is 4.40. The normalized spacial score (nSPS) is 20.9. The molecule has 2 unspecified atom stereocenters. The van der Waals surface area contributed by atoms with Crippen molar-refractivity contribution in [1.29, 1.82) is 0 Å². The molecular formula is C27H36N4O2. The average Bonchev–Trinajstić information content (AvgIpc) is 3.58. The van der Waals surface area contributed by atoms with Crippen molar-refractivity contribution in [2.24, 2.45) is 11.8 Å². The molecule has 2 N–H and O–H groups in total. The SMILES string of the molecule is CC1CC1C(=O)Nc1ccc(C(=O)NCCCCN2CCN(Cc3ccccc3)CC2)cc1. The smallest absolute Gasteiger partial charge is 0.251 e. The van der Waals surface area contributed by atoms with Crippen LogP contribution in [0, 0.1) is 11.8 Å². The van der Waals surface area contributed by atoms with E-state index in [-0.39, 0.29) is 17.7 Å². The Kier molecular flexibility index (Phi) is 8.13. The van der Waals surface area contributed by atoms with Gasteiger partial charge in [0.2, 0.25) is 5.91 Å². The van der Waals surface area contributed by atoms with E-state index < -0.39 is 0 Å². The van der Waals surface area contributed by atoms with E-state index >= 15 is 0 Å². The highest BCUT2D eigenvalue weighted by molar-refractivity contribution is 5.96. The van der Waals surface area contributed by atoms with E-state index in [0.717, 1.165) is 64.2 Å². The molecule has 2 aromatic rings. The quantitative estimate of drug-likeness (QED) is 0.545. The van der Waals surface area contributed by atoms with Crippen LogP contribution in [0.1, 0.15) is 42.1 Å². The lowest BCUT2D eigenvalue weighted by Gasteiger charge is -2.34. The lowest BCUT2D eigenvalue weighted by molar-refractivity contribution is -0.117. The van der Waals surface area contributed by atoms with Gasteiger partial charge in [-0.1, -0.05) is 37.3 Å². The second-order valence-corrected chi connectivity index (χ2v) is 9.45. The molecule has 2 atom stereocenters. The minimum atomic E-state index is -0.0572. The number of hydrogen-bond acceptors (Lipinski definition) is 4. The number of carbonyl (C=O) groups is 2. The molecule has 2 aromatic carbocycles. The highest BCUT2D eigenvalue weighted by Gasteiger charge is 2.39. The van der Waals surface area contributed by atoms with Gasteiger partial charge in [0.25, 0.3) is 5.91 Å². The highest BCUT2D eigenvalue weighted by Crippen LogP contribution is 2.38.